The summed E-state index contributed by atoms with van der Waals surface area (Å²) in [5.41, 5.74) is -0.640. The predicted octanol–water partition coefficient (Wildman–Crippen LogP) is 3.55. The van der Waals surface area contributed by atoms with Crippen molar-refractivity contribution in [3.63, 3.8) is 0 Å². The molecule has 192 valence electrons. The predicted molar refractivity (Wildman–Crippen MR) is 123 cm³/mol. The molecule has 1 unspecified atom stereocenters. The molecule has 1 fully saturated rings. The highest BCUT2D eigenvalue weighted by molar-refractivity contribution is 5.96. The fraction of sp³-hybridized carbons (Fsp3) is 0.308. The standard InChI is InChI=1S/C26H22F3N3O5/c1-14(33)36-13-37-25-20(34)12-30-32-23(19-9-4-10-31(19)26(35)24(25)32)21(15-5-2-6-16(27)11-15)17-7-3-8-18(28)22(17)29/h2-3,5-8,11-12,19,21,23H,4,9-10,13H2,1H3/t19-,21?,23-/m1/s1. The number of carbonyl (C=O) groups excluding carboxylic acids is 2. The number of rotatable bonds is 6. The molecule has 1 saturated heterocycles. The molecular formula is C26H22F3N3O5. The first-order chi connectivity index (χ1) is 17.8. The normalized spacial score (nSPS) is 19.2. The molecule has 0 saturated carbocycles. The number of carbonyl (C=O) groups is 2. The zero-order chi connectivity index (χ0) is 26.3. The van der Waals surface area contributed by atoms with Crippen LogP contribution in [0.3, 0.4) is 0 Å². The molecule has 1 aromatic heterocycles. The molecule has 37 heavy (non-hydrogen) atoms. The van der Waals surface area contributed by atoms with Gasteiger partial charge in [0.05, 0.1) is 18.3 Å². The number of hydrogen-bond acceptors (Lipinski definition) is 6. The van der Waals surface area contributed by atoms with E-state index in [-0.39, 0.29) is 17.0 Å². The van der Waals surface area contributed by atoms with Crippen molar-refractivity contribution < 1.29 is 32.2 Å². The molecule has 3 heterocycles. The zero-order valence-electron chi connectivity index (χ0n) is 19.7. The van der Waals surface area contributed by atoms with Gasteiger partial charge in [-0.25, -0.2) is 13.2 Å². The summed E-state index contributed by atoms with van der Waals surface area (Å²) in [5.74, 6) is -5.30. The minimum Gasteiger partial charge on any atom is -0.451 e. The van der Waals surface area contributed by atoms with Crippen molar-refractivity contribution >= 4 is 11.9 Å². The van der Waals surface area contributed by atoms with Gasteiger partial charge in [0.2, 0.25) is 18.0 Å². The maximum Gasteiger partial charge on any atom is 0.305 e. The monoisotopic (exact) mass is 513 g/mol. The van der Waals surface area contributed by atoms with E-state index in [2.05, 4.69) is 5.10 Å². The highest BCUT2D eigenvalue weighted by Crippen LogP contribution is 2.46. The maximum absolute atomic E-state index is 15.3. The molecule has 1 amide bonds. The van der Waals surface area contributed by atoms with Gasteiger partial charge in [-0.2, -0.15) is 5.10 Å². The number of fused-ring (bicyclic) bond motifs is 2. The Kier molecular flexibility index (Phi) is 6.45. The Labute approximate surface area is 209 Å². The summed E-state index contributed by atoms with van der Waals surface area (Å²) >= 11 is 0. The molecule has 3 aromatic rings. The van der Waals surface area contributed by atoms with E-state index in [1.807, 2.05) is 0 Å². The molecule has 0 N–H and O–H groups in total. The van der Waals surface area contributed by atoms with Crippen LogP contribution in [0.5, 0.6) is 5.75 Å². The van der Waals surface area contributed by atoms with Gasteiger partial charge in [0.1, 0.15) is 5.82 Å². The molecule has 3 atom stereocenters. The van der Waals surface area contributed by atoms with Gasteiger partial charge < -0.3 is 14.4 Å². The Hall–Kier alpha value is -4.15. The van der Waals surface area contributed by atoms with E-state index in [1.165, 1.54) is 35.0 Å². The van der Waals surface area contributed by atoms with E-state index in [4.69, 9.17) is 9.47 Å². The van der Waals surface area contributed by atoms with Gasteiger partial charge in [-0.05, 0) is 36.6 Å². The lowest BCUT2D eigenvalue weighted by atomic mass is 9.79. The molecule has 0 spiro atoms. The van der Waals surface area contributed by atoms with Gasteiger partial charge in [-0.3, -0.25) is 19.1 Å². The summed E-state index contributed by atoms with van der Waals surface area (Å²) in [6.45, 7) is 0.897. The molecule has 0 aliphatic carbocycles. The lowest BCUT2D eigenvalue weighted by Crippen LogP contribution is -2.51. The first-order valence-corrected chi connectivity index (χ1v) is 11.7. The zero-order valence-corrected chi connectivity index (χ0v) is 19.7. The molecule has 5 rings (SSSR count). The van der Waals surface area contributed by atoms with Crippen LogP contribution in [0.1, 0.15) is 53.3 Å². The van der Waals surface area contributed by atoms with Crippen LogP contribution in [0.15, 0.2) is 53.5 Å². The largest absolute Gasteiger partial charge is 0.451 e. The highest BCUT2D eigenvalue weighted by atomic mass is 19.2. The quantitative estimate of drug-likeness (QED) is 0.370. The number of ether oxygens (including phenoxy) is 2. The fourth-order valence-corrected chi connectivity index (χ4v) is 5.27. The summed E-state index contributed by atoms with van der Waals surface area (Å²) in [5, 5.41) is 4.22. The van der Waals surface area contributed by atoms with Gasteiger partial charge >= 0.3 is 5.97 Å². The van der Waals surface area contributed by atoms with Gasteiger partial charge in [0, 0.05) is 24.9 Å². The first-order valence-electron chi connectivity index (χ1n) is 11.7. The third kappa shape index (κ3) is 4.34. The van der Waals surface area contributed by atoms with Crippen molar-refractivity contribution in [2.45, 2.75) is 37.8 Å². The van der Waals surface area contributed by atoms with Crippen LogP contribution in [-0.4, -0.2) is 45.9 Å². The van der Waals surface area contributed by atoms with Crippen molar-refractivity contribution in [2.75, 3.05) is 13.3 Å². The molecule has 2 aliphatic rings. The van der Waals surface area contributed by atoms with Crippen molar-refractivity contribution in [1.29, 1.82) is 0 Å². The summed E-state index contributed by atoms with van der Waals surface area (Å²) in [4.78, 5) is 39.0. The summed E-state index contributed by atoms with van der Waals surface area (Å²) < 4.78 is 55.5. The Morgan fingerprint density at radius 1 is 1.16 bits per heavy atom. The Balaban J connectivity index is 1.75. The number of hydrogen-bond donors (Lipinski definition) is 0. The van der Waals surface area contributed by atoms with Crippen LogP contribution in [0, 0.1) is 17.5 Å². The number of nitrogens with zero attached hydrogens (tertiary/aromatic N) is 3. The number of benzene rings is 2. The topological polar surface area (TPSA) is 90.7 Å². The van der Waals surface area contributed by atoms with Crippen LogP contribution in [0.4, 0.5) is 13.2 Å². The van der Waals surface area contributed by atoms with Crippen LogP contribution in [0.2, 0.25) is 0 Å². The van der Waals surface area contributed by atoms with Gasteiger partial charge in [-0.1, -0.05) is 24.3 Å². The van der Waals surface area contributed by atoms with E-state index in [0.29, 0.717) is 24.9 Å². The molecule has 11 heteroatoms. The number of aromatic nitrogens is 2. The van der Waals surface area contributed by atoms with E-state index in [1.54, 1.807) is 11.0 Å². The Bertz CT molecular complexity index is 1440. The van der Waals surface area contributed by atoms with Crippen LogP contribution in [-0.2, 0) is 9.53 Å². The third-order valence-corrected chi connectivity index (χ3v) is 6.74. The van der Waals surface area contributed by atoms with E-state index >= 15 is 4.39 Å². The molecule has 2 aliphatic heterocycles. The SMILES string of the molecule is CC(=O)OCOc1c2n(ncc1=O)[C@@H](C(c1cccc(F)c1)c1cccc(F)c1F)[C@H]1CCCN1C2=O. The third-order valence-electron chi connectivity index (χ3n) is 6.74. The van der Waals surface area contributed by atoms with Crippen LogP contribution in [0.25, 0.3) is 0 Å². The minimum absolute atomic E-state index is 0.0503. The van der Waals surface area contributed by atoms with Gasteiger partial charge in [0.15, 0.2) is 17.3 Å². The Morgan fingerprint density at radius 3 is 2.70 bits per heavy atom. The minimum atomic E-state index is -1.10. The molecule has 0 bridgehead atoms. The van der Waals surface area contributed by atoms with Crippen LogP contribution < -0.4 is 10.2 Å². The second-order valence-corrected chi connectivity index (χ2v) is 8.90. The van der Waals surface area contributed by atoms with E-state index < -0.39 is 59.6 Å². The smallest absolute Gasteiger partial charge is 0.305 e. The summed E-state index contributed by atoms with van der Waals surface area (Å²) in [7, 11) is 0. The average molecular weight is 513 g/mol. The van der Waals surface area contributed by atoms with Crippen molar-refractivity contribution in [3.05, 3.63) is 93.2 Å². The highest BCUT2D eigenvalue weighted by Gasteiger charge is 2.49. The Morgan fingerprint density at radius 2 is 1.95 bits per heavy atom. The number of esters is 1. The van der Waals surface area contributed by atoms with Crippen molar-refractivity contribution in [3.8, 4) is 5.75 Å². The van der Waals surface area contributed by atoms with Gasteiger partial charge in [-0.15, -0.1) is 0 Å². The van der Waals surface area contributed by atoms with Crippen molar-refractivity contribution in [1.82, 2.24) is 14.7 Å². The van der Waals surface area contributed by atoms with Gasteiger partial charge in [0.25, 0.3) is 5.91 Å². The first kappa shape index (κ1) is 24.5. The number of amides is 1. The van der Waals surface area contributed by atoms with E-state index in [9.17, 15) is 23.2 Å². The summed E-state index contributed by atoms with van der Waals surface area (Å²) in [6, 6.07) is 7.91. The molecule has 0 radical (unpaired) electrons. The maximum atomic E-state index is 15.3. The lowest BCUT2D eigenvalue weighted by molar-refractivity contribution is -0.147. The molecule has 2 aromatic carbocycles. The molecular weight excluding hydrogens is 491 g/mol. The average Bonchev–Trinajstić information content (AvgIpc) is 3.35. The summed E-state index contributed by atoms with van der Waals surface area (Å²) in [6.07, 6.45) is 2.09. The number of halogens is 3. The lowest BCUT2D eigenvalue weighted by Gasteiger charge is -2.42. The second-order valence-electron chi connectivity index (χ2n) is 8.90. The van der Waals surface area contributed by atoms with E-state index in [0.717, 1.165) is 19.2 Å². The van der Waals surface area contributed by atoms with Crippen molar-refractivity contribution in [2.24, 2.45) is 0 Å². The second kappa shape index (κ2) is 9.72. The van der Waals surface area contributed by atoms with Crippen LogP contribution >= 0.6 is 0 Å². The fourth-order valence-electron chi connectivity index (χ4n) is 5.27. The molecule has 8 nitrogen and oxygen atoms in total.